The number of carbonyl (C=O) groups excluding carboxylic acids is 1. The highest BCUT2D eigenvalue weighted by Gasteiger charge is 2.28. The first-order chi connectivity index (χ1) is 14.6. The second-order valence-electron chi connectivity index (χ2n) is 9.98. The van der Waals surface area contributed by atoms with Crippen LogP contribution >= 0.6 is 23.1 Å². The zero-order valence-electron chi connectivity index (χ0n) is 19.1. The van der Waals surface area contributed by atoms with Crippen LogP contribution in [0.1, 0.15) is 64.3 Å². The van der Waals surface area contributed by atoms with E-state index in [-0.39, 0.29) is 28.4 Å². The average molecular weight is 464 g/mol. The molecule has 1 amide bonds. The molecule has 1 aliphatic carbocycles. The summed E-state index contributed by atoms with van der Waals surface area (Å²) in [4.78, 5) is 33.4. The van der Waals surface area contributed by atoms with Crippen molar-refractivity contribution in [1.29, 1.82) is 0 Å². The molecule has 3 atom stereocenters. The number of thiophene rings is 1. The summed E-state index contributed by atoms with van der Waals surface area (Å²) >= 11 is 3.03. The lowest BCUT2D eigenvalue weighted by Gasteiger charge is -2.23. The molecule has 170 valence electrons. The van der Waals surface area contributed by atoms with Crippen molar-refractivity contribution in [2.75, 3.05) is 6.61 Å². The molecule has 0 aromatic carbocycles. The number of aryl methyl sites for hydroxylation is 1. The number of rotatable bonds is 5. The smallest absolute Gasteiger partial charge is 0.263 e. The van der Waals surface area contributed by atoms with Crippen molar-refractivity contribution in [3.8, 4) is 0 Å². The molecule has 31 heavy (non-hydrogen) atoms. The molecule has 1 N–H and O–H groups in total. The van der Waals surface area contributed by atoms with Crippen molar-refractivity contribution in [2.24, 2.45) is 5.92 Å². The Morgan fingerprint density at radius 1 is 1.39 bits per heavy atom. The van der Waals surface area contributed by atoms with E-state index in [9.17, 15) is 9.59 Å². The summed E-state index contributed by atoms with van der Waals surface area (Å²) in [6, 6.07) is 0. The van der Waals surface area contributed by atoms with Gasteiger partial charge in [0.15, 0.2) is 5.16 Å². The molecule has 8 heteroatoms. The van der Waals surface area contributed by atoms with Gasteiger partial charge < -0.3 is 10.1 Å². The van der Waals surface area contributed by atoms with Crippen LogP contribution in [-0.2, 0) is 28.9 Å². The lowest BCUT2D eigenvalue weighted by molar-refractivity contribution is -0.121. The normalized spacial score (nSPS) is 22.5. The molecule has 0 bridgehead atoms. The van der Waals surface area contributed by atoms with E-state index in [1.54, 1.807) is 15.9 Å². The molecule has 0 spiro atoms. The number of carbonyl (C=O) groups is 1. The first-order valence-corrected chi connectivity index (χ1v) is 13.0. The minimum Gasteiger partial charge on any atom is -0.376 e. The van der Waals surface area contributed by atoms with Crippen LogP contribution in [0.15, 0.2) is 9.95 Å². The van der Waals surface area contributed by atoms with Gasteiger partial charge in [-0.15, -0.1) is 11.3 Å². The Kier molecular flexibility index (Phi) is 6.52. The lowest BCUT2D eigenvalue weighted by atomic mass is 9.89. The maximum Gasteiger partial charge on any atom is 0.263 e. The molecule has 3 unspecified atom stereocenters. The van der Waals surface area contributed by atoms with Crippen molar-refractivity contribution in [3.63, 3.8) is 0 Å². The molecule has 0 saturated carbocycles. The van der Waals surface area contributed by atoms with Crippen molar-refractivity contribution < 1.29 is 9.53 Å². The Morgan fingerprint density at radius 2 is 2.16 bits per heavy atom. The molecular formula is C23H33N3O3S2. The summed E-state index contributed by atoms with van der Waals surface area (Å²) in [6.45, 7) is 11.3. The standard InChI is InChI=1S/C23H33N3O3S2/c1-13-8-9-16-17(11-13)31-20-18(16)21(28)26(12-15-7-6-10-29-15)22(24-20)30-14(2)19(27)25-23(3,4)5/h13-15H,6-12H2,1-5H3,(H,25,27). The SMILES string of the molecule is CC1CCc2c(sc3nc(SC(C)C(=O)NC(C)(C)C)n(CC4CCCO4)c(=O)c23)C1. The van der Waals surface area contributed by atoms with E-state index in [4.69, 9.17) is 9.72 Å². The minimum absolute atomic E-state index is 0.0264. The molecule has 3 heterocycles. The fraction of sp³-hybridized carbons (Fsp3) is 0.696. The highest BCUT2D eigenvalue weighted by molar-refractivity contribution is 8.00. The summed E-state index contributed by atoms with van der Waals surface area (Å²) < 4.78 is 7.60. The zero-order valence-corrected chi connectivity index (χ0v) is 20.8. The molecular weight excluding hydrogens is 430 g/mol. The lowest BCUT2D eigenvalue weighted by Crippen LogP contribution is -2.44. The maximum absolute atomic E-state index is 13.7. The highest BCUT2D eigenvalue weighted by Crippen LogP contribution is 2.37. The number of ether oxygens (including phenoxy) is 1. The predicted molar refractivity (Wildman–Crippen MR) is 127 cm³/mol. The van der Waals surface area contributed by atoms with Crippen LogP contribution in [0.4, 0.5) is 0 Å². The summed E-state index contributed by atoms with van der Waals surface area (Å²) in [5.74, 6) is 0.597. The van der Waals surface area contributed by atoms with Crippen molar-refractivity contribution in [2.45, 2.75) is 95.3 Å². The molecule has 4 rings (SSSR count). The predicted octanol–water partition coefficient (Wildman–Crippen LogP) is 4.16. The first-order valence-electron chi connectivity index (χ1n) is 11.3. The Balaban J connectivity index is 1.73. The van der Waals surface area contributed by atoms with Crippen LogP contribution in [0.5, 0.6) is 0 Å². The molecule has 2 aromatic rings. The van der Waals surface area contributed by atoms with Gasteiger partial charge in [0, 0.05) is 17.0 Å². The van der Waals surface area contributed by atoms with Gasteiger partial charge in [-0.2, -0.15) is 0 Å². The number of nitrogens with zero attached hydrogens (tertiary/aromatic N) is 2. The van der Waals surface area contributed by atoms with E-state index >= 15 is 0 Å². The molecule has 1 aliphatic heterocycles. The molecule has 2 aromatic heterocycles. The number of thioether (sulfide) groups is 1. The Morgan fingerprint density at radius 3 is 2.84 bits per heavy atom. The average Bonchev–Trinajstić information content (AvgIpc) is 3.30. The number of amides is 1. The molecule has 2 aliphatic rings. The van der Waals surface area contributed by atoms with Crippen LogP contribution in [0.2, 0.25) is 0 Å². The Bertz CT molecular complexity index is 1030. The Hall–Kier alpha value is -1.38. The third-order valence-corrected chi connectivity index (χ3v) is 8.18. The summed E-state index contributed by atoms with van der Waals surface area (Å²) in [6.07, 6.45) is 5.09. The number of hydrogen-bond acceptors (Lipinski definition) is 6. The quantitative estimate of drug-likeness (QED) is 0.532. The van der Waals surface area contributed by atoms with Crippen LogP contribution in [-0.4, -0.2) is 39.0 Å². The van der Waals surface area contributed by atoms with Crippen LogP contribution < -0.4 is 10.9 Å². The Labute approximate surface area is 192 Å². The first kappa shape index (κ1) is 22.8. The van der Waals surface area contributed by atoms with Gasteiger partial charge in [-0.3, -0.25) is 14.2 Å². The van der Waals surface area contributed by atoms with Gasteiger partial charge >= 0.3 is 0 Å². The fourth-order valence-corrected chi connectivity index (χ4v) is 6.67. The van der Waals surface area contributed by atoms with Crippen LogP contribution in [0.25, 0.3) is 10.2 Å². The van der Waals surface area contributed by atoms with Gasteiger partial charge in [-0.05, 0) is 71.3 Å². The fourth-order valence-electron chi connectivity index (χ4n) is 4.33. The second-order valence-corrected chi connectivity index (χ2v) is 12.4. The van der Waals surface area contributed by atoms with Gasteiger partial charge in [-0.25, -0.2) is 4.98 Å². The van der Waals surface area contributed by atoms with Gasteiger partial charge in [0.2, 0.25) is 5.91 Å². The highest BCUT2D eigenvalue weighted by atomic mass is 32.2. The molecule has 6 nitrogen and oxygen atoms in total. The van der Waals surface area contributed by atoms with E-state index in [1.165, 1.54) is 22.2 Å². The van der Waals surface area contributed by atoms with Gasteiger partial charge in [-0.1, -0.05) is 18.7 Å². The van der Waals surface area contributed by atoms with Crippen molar-refractivity contribution in [3.05, 3.63) is 20.8 Å². The van der Waals surface area contributed by atoms with Gasteiger partial charge in [0.05, 0.1) is 23.3 Å². The number of fused-ring (bicyclic) bond motifs is 3. The second kappa shape index (κ2) is 8.87. The third-order valence-electron chi connectivity index (χ3n) is 5.94. The van der Waals surface area contributed by atoms with E-state index in [0.29, 0.717) is 17.6 Å². The number of hydrogen-bond donors (Lipinski definition) is 1. The van der Waals surface area contributed by atoms with Crippen LogP contribution in [0, 0.1) is 5.92 Å². The van der Waals surface area contributed by atoms with E-state index in [2.05, 4.69) is 12.2 Å². The van der Waals surface area contributed by atoms with E-state index in [1.807, 2.05) is 27.7 Å². The van der Waals surface area contributed by atoms with Gasteiger partial charge in [0.25, 0.3) is 5.56 Å². The summed E-state index contributed by atoms with van der Waals surface area (Å²) in [5, 5.41) is 4.09. The zero-order chi connectivity index (χ0) is 22.3. The summed E-state index contributed by atoms with van der Waals surface area (Å²) in [7, 11) is 0. The number of nitrogens with one attached hydrogen (secondary N) is 1. The third kappa shape index (κ3) is 5.01. The van der Waals surface area contributed by atoms with Crippen molar-refractivity contribution >= 4 is 39.2 Å². The van der Waals surface area contributed by atoms with Crippen molar-refractivity contribution in [1.82, 2.24) is 14.9 Å². The summed E-state index contributed by atoms with van der Waals surface area (Å²) in [5.41, 5.74) is 0.926. The number of aromatic nitrogens is 2. The molecule has 1 saturated heterocycles. The van der Waals surface area contributed by atoms with E-state index < -0.39 is 0 Å². The minimum atomic E-state index is -0.353. The topological polar surface area (TPSA) is 73.2 Å². The molecule has 1 fully saturated rings. The molecule has 0 radical (unpaired) electrons. The van der Waals surface area contributed by atoms with Gasteiger partial charge in [0.1, 0.15) is 4.83 Å². The van der Waals surface area contributed by atoms with Crippen LogP contribution in [0.3, 0.4) is 0 Å². The monoisotopic (exact) mass is 463 g/mol. The largest absolute Gasteiger partial charge is 0.376 e. The maximum atomic E-state index is 13.7. The van der Waals surface area contributed by atoms with E-state index in [0.717, 1.165) is 48.9 Å².